The lowest BCUT2D eigenvalue weighted by Crippen LogP contribution is -2.23. The number of aromatic nitrogens is 2. The first-order valence-electron chi connectivity index (χ1n) is 15.4. The molecule has 6 rings (SSSR count). The van der Waals surface area contributed by atoms with Gasteiger partial charge in [-0.3, -0.25) is 19.2 Å². The van der Waals surface area contributed by atoms with Crippen LogP contribution in [-0.2, 0) is 33.9 Å². The highest BCUT2D eigenvalue weighted by atomic mass is 16.6. The molecular weight excluding hydrogens is 632 g/mol. The summed E-state index contributed by atoms with van der Waals surface area (Å²) in [5.41, 5.74) is 4.33. The topological polar surface area (TPSA) is 134 Å². The number of aryl methyl sites for hydroxylation is 2. The number of rotatable bonds is 9. The third kappa shape index (κ3) is 5.64. The molecule has 0 aliphatic carbocycles. The average molecular weight is 667 g/mol. The maximum atomic E-state index is 14.6. The highest BCUT2D eigenvalue weighted by Crippen LogP contribution is 2.50. The lowest BCUT2D eigenvalue weighted by atomic mass is 9.91. The van der Waals surface area contributed by atoms with Gasteiger partial charge in [0.05, 0.1) is 32.5 Å². The Balaban J connectivity index is 1.82. The third-order valence-corrected chi connectivity index (χ3v) is 8.33. The summed E-state index contributed by atoms with van der Waals surface area (Å²) in [6.07, 6.45) is 2.14. The highest BCUT2D eigenvalue weighted by molar-refractivity contribution is 6.18. The standard InChI is InChI=1S/C37H34N2O10/c1-8-12-38-26-18-32(49-21(4)42)30(46-7)17-25(26)34-33(23-9-10-27(47-19(2)40)28(15-23)44-5)35-24-16-29(45-6)31(48-20(3)41)14-22(24)11-13-39(35)36(34)37(38)43/h8-10,14-18H,1,11-13H2,2-7H3. The van der Waals surface area contributed by atoms with Crippen molar-refractivity contribution in [2.24, 2.45) is 0 Å². The van der Waals surface area contributed by atoms with Crippen LogP contribution in [0.25, 0.3) is 44.2 Å². The van der Waals surface area contributed by atoms with Crippen LogP contribution in [0.1, 0.15) is 26.3 Å². The van der Waals surface area contributed by atoms with E-state index in [0.717, 1.165) is 11.1 Å². The van der Waals surface area contributed by atoms with Gasteiger partial charge in [-0.15, -0.1) is 6.58 Å². The molecule has 2 aromatic heterocycles. The van der Waals surface area contributed by atoms with E-state index in [-0.39, 0.29) is 29.4 Å². The van der Waals surface area contributed by atoms with Gasteiger partial charge >= 0.3 is 17.9 Å². The Morgan fingerprint density at radius 2 is 1.37 bits per heavy atom. The number of allylic oxidation sites excluding steroid dienone is 1. The van der Waals surface area contributed by atoms with E-state index in [4.69, 9.17) is 28.4 Å². The highest BCUT2D eigenvalue weighted by Gasteiger charge is 2.31. The van der Waals surface area contributed by atoms with Crippen molar-refractivity contribution in [1.29, 1.82) is 0 Å². The second kappa shape index (κ2) is 12.9. The van der Waals surface area contributed by atoms with E-state index in [1.807, 2.05) is 4.57 Å². The SMILES string of the molecule is C=CCn1c(=O)c2c(c(-c3ccc(OC(C)=O)c(OC)c3)c3n2CCc2cc(OC(C)=O)c(OC)cc2-3)c2cc(OC)c(OC(C)=O)cc21. The monoisotopic (exact) mass is 666 g/mol. The van der Waals surface area contributed by atoms with E-state index in [2.05, 4.69) is 6.58 Å². The Kier molecular flexibility index (Phi) is 8.64. The van der Waals surface area contributed by atoms with Crippen LogP contribution in [0, 0.1) is 0 Å². The van der Waals surface area contributed by atoms with E-state index < -0.39 is 17.9 Å². The molecule has 0 saturated carbocycles. The molecule has 12 heteroatoms. The molecule has 1 aliphatic rings. The Labute approximate surface area is 280 Å². The molecule has 12 nitrogen and oxygen atoms in total. The predicted octanol–water partition coefficient (Wildman–Crippen LogP) is 5.83. The van der Waals surface area contributed by atoms with Gasteiger partial charge in [-0.2, -0.15) is 0 Å². The van der Waals surface area contributed by atoms with Crippen molar-refractivity contribution in [2.45, 2.75) is 40.3 Å². The fraction of sp³-hybridized carbons (Fsp3) is 0.243. The fourth-order valence-corrected chi connectivity index (χ4v) is 6.52. The van der Waals surface area contributed by atoms with Gasteiger partial charge in [0, 0.05) is 61.8 Å². The van der Waals surface area contributed by atoms with Crippen LogP contribution in [-0.4, -0.2) is 48.4 Å². The smallest absolute Gasteiger partial charge is 0.308 e. The molecular formula is C37H34N2O10. The minimum atomic E-state index is -0.546. The maximum Gasteiger partial charge on any atom is 0.308 e. The van der Waals surface area contributed by atoms with Gasteiger partial charge in [-0.1, -0.05) is 12.1 Å². The number of carbonyl (C=O) groups is 3. The number of fused-ring (bicyclic) bond motifs is 7. The largest absolute Gasteiger partial charge is 0.493 e. The Morgan fingerprint density at radius 1 is 0.776 bits per heavy atom. The number of methoxy groups -OCH3 is 3. The van der Waals surface area contributed by atoms with Gasteiger partial charge in [0.1, 0.15) is 5.52 Å². The summed E-state index contributed by atoms with van der Waals surface area (Å²) in [7, 11) is 4.43. The van der Waals surface area contributed by atoms with Crippen LogP contribution in [0.5, 0.6) is 34.5 Å². The zero-order valence-corrected chi connectivity index (χ0v) is 27.9. The lowest BCUT2D eigenvalue weighted by molar-refractivity contribution is -0.132. The van der Waals surface area contributed by atoms with Crippen LogP contribution in [0.2, 0.25) is 0 Å². The molecule has 49 heavy (non-hydrogen) atoms. The fourth-order valence-electron chi connectivity index (χ4n) is 6.52. The van der Waals surface area contributed by atoms with E-state index in [0.29, 0.717) is 68.8 Å². The minimum absolute atomic E-state index is 0.157. The van der Waals surface area contributed by atoms with Gasteiger partial charge in [0.15, 0.2) is 34.5 Å². The zero-order chi connectivity index (χ0) is 35.1. The first-order valence-corrected chi connectivity index (χ1v) is 15.4. The number of ether oxygens (including phenoxy) is 6. The predicted molar refractivity (Wildman–Crippen MR) is 182 cm³/mol. The summed E-state index contributed by atoms with van der Waals surface area (Å²) in [4.78, 5) is 50.5. The number of esters is 3. The molecule has 0 fully saturated rings. The molecule has 0 atom stereocenters. The molecule has 0 unspecified atom stereocenters. The van der Waals surface area contributed by atoms with Crippen LogP contribution >= 0.6 is 0 Å². The Morgan fingerprint density at radius 3 is 1.98 bits per heavy atom. The number of pyridine rings is 1. The summed E-state index contributed by atoms with van der Waals surface area (Å²) in [6.45, 7) is 8.39. The first kappa shape index (κ1) is 32.9. The van der Waals surface area contributed by atoms with Crippen LogP contribution in [0.15, 0.2) is 59.9 Å². The first-order chi connectivity index (χ1) is 23.5. The third-order valence-electron chi connectivity index (χ3n) is 8.33. The molecule has 5 aromatic rings. The summed E-state index contributed by atoms with van der Waals surface area (Å²) in [5, 5.41) is 1.26. The molecule has 3 aromatic carbocycles. The average Bonchev–Trinajstić information content (AvgIpc) is 3.41. The Hall–Kier alpha value is -6.04. The molecule has 0 bridgehead atoms. The quantitative estimate of drug-likeness (QED) is 0.107. The van der Waals surface area contributed by atoms with E-state index >= 15 is 0 Å². The summed E-state index contributed by atoms with van der Waals surface area (Å²) in [5.74, 6) is 0.0661. The molecule has 0 saturated heterocycles. The number of carbonyl (C=O) groups excluding carboxylic acids is 3. The normalized spacial score (nSPS) is 11.8. The molecule has 0 radical (unpaired) electrons. The van der Waals surface area contributed by atoms with E-state index in [9.17, 15) is 19.2 Å². The molecule has 1 aliphatic heterocycles. The number of hydrogen-bond acceptors (Lipinski definition) is 10. The maximum absolute atomic E-state index is 14.6. The van der Waals surface area contributed by atoms with Crippen molar-refractivity contribution < 1.29 is 42.8 Å². The molecule has 252 valence electrons. The summed E-state index contributed by atoms with van der Waals surface area (Å²) < 4.78 is 36.9. The van der Waals surface area contributed by atoms with Crippen molar-refractivity contribution in [3.63, 3.8) is 0 Å². The Bertz CT molecular complexity index is 2280. The van der Waals surface area contributed by atoms with Crippen LogP contribution in [0.3, 0.4) is 0 Å². The van der Waals surface area contributed by atoms with Crippen molar-refractivity contribution in [1.82, 2.24) is 9.13 Å². The van der Waals surface area contributed by atoms with E-state index in [1.165, 1.54) is 42.1 Å². The van der Waals surface area contributed by atoms with Crippen molar-refractivity contribution in [2.75, 3.05) is 21.3 Å². The van der Waals surface area contributed by atoms with Gasteiger partial charge < -0.3 is 37.6 Å². The lowest BCUT2D eigenvalue weighted by Gasteiger charge is -2.23. The zero-order valence-electron chi connectivity index (χ0n) is 27.9. The number of benzene rings is 3. The minimum Gasteiger partial charge on any atom is -0.493 e. The summed E-state index contributed by atoms with van der Waals surface area (Å²) in [6, 6.07) is 12.1. The van der Waals surface area contributed by atoms with Gasteiger partial charge in [-0.25, -0.2) is 0 Å². The second-order valence-electron chi connectivity index (χ2n) is 11.4. The van der Waals surface area contributed by atoms with Gasteiger partial charge in [0.2, 0.25) is 0 Å². The van der Waals surface area contributed by atoms with E-state index in [1.54, 1.807) is 53.1 Å². The van der Waals surface area contributed by atoms with Crippen LogP contribution in [0.4, 0.5) is 0 Å². The number of nitrogens with zero attached hydrogens (tertiary/aromatic N) is 2. The van der Waals surface area contributed by atoms with Crippen molar-refractivity contribution in [3.05, 3.63) is 71.0 Å². The van der Waals surface area contributed by atoms with Gasteiger partial charge in [0.25, 0.3) is 5.56 Å². The second-order valence-corrected chi connectivity index (χ2v) is 11.4. The van der Waals surface area contributed by atoms with Crippen LogP contribution < -0.4 is 34.0 Å². The van der Waals surface area contributed by atoms with Gasteiger partial charge in [-0.05, 0) is 47.9 Å². The van der Waals surface area contributed by atoms with Crippen molar-refractivity contribution in [3.8, 4) is 56.9 Å². The molecule has 0 amide bonds. The molecule has 0 spiro atoms. The number of hydrogen-bond donors (Lipinski definition) is 0. The summed E-state index contributed by atoms with van der Waals surface area (Å²) >= 11 is 0. The molecule has 3 heterocycles. The van der Waals surface area contributed by atoms with Crippen molar-refractivity contribution >= 4 is 39.7 Å². The molecule has 0 N–H and O–H groups in total.